The van der Waals surface area contributed by atoms with Gasteiger partial charge in [0.15, 0.2) is 0 Å². The largest absolute Gasteiger partial charge is 0.455 e. The number of halogens is 5. The van der Waals surface area contributed by atoms with Crippen molar-refractivity contribution in [1.29, 1.82) is 0 Å². The predicted octanol–water partition coefficient (Wildman–Crippen LogP) is 3.50. The van der Waals surface area contributed by atoms with Crippen LogP contribution in [0.1, 0.15) is 22.7 Å². The fraction of sp³-hybridized carbons (Fsp3) is 0.455. The van der Waals surface area contributed by atoms with Crippen LogP contribution in [0.4, 0.5) is 22.0 Å². The zero-order valence-corrected chi connectivity index (χ0v) is 9.28. The summed E-state index contributed by atoms with van der Waals surface area (Å²) >= 11 is 0. The average molecular weight is 253 g/mol. The number of aryl methyl sites for hydroxylation is 2. The third kappa shape index (κ3) is 2.57. The first-order valence-corrected chi connectivity index (χ1v) is 4.84. The summed E-state index contributed by atoms with van der Waals surface area (Å²) in [6.07, 6.45) is -5.65. The lowest BCUT2D eigenvalue weighted by Crippen LogP contribution is -2.46. The van der Waals surface area contributed by atoms with Crippen molar-refractivity contribution >= 4 is 0 Å². The highest BCUT2D eigenvalue weighted by Crippen LogP contribution is 2.43. The van der Waals surface area contributed by atoms with Crippen LogP contribution in [0.5, 0.6) is 0 Å². The molecule has 0 radical (unpaired) electrons. The maximum Gasteiger partial charge on any atom is 0.455 e. The van der Waals surface area contributed by atoms with Gasteiger partial charge in [-0.2, -0.15) is 22.0 Å². The third-order valence-electron chi connectivity index (χ3n) is 2.54. The van der Waals surface area contributed by atoms with Crippen LogP contribution in [0, 0.1) is 13.8 Å². The fourth-order valence-electron chi connectivity index (χ4n) is 1.47. The van der Waals surface area contributed by atoms with Gasteiger partial charge in [-0.15, -0.1) is 0 Å². The predicted molar refractivity (Wildman–Crippen MR) is 53.8 cm³/mol. The molecule has 1 rings (SSSR count). The molecule has 0 aliphatic carbocycles. The summed E-state index contributed by atoms with van der Waals surface area (Å²) in [6.45, 7) is 3.04. The Hall–Kier alpha value is -1.17. The van der Waals surface area contributed by atoms with Crippen molar-refractivity contribution in [2.24, 2.45) is 5.73 Å². The molecule has 0 heterocycles. The zero-order valence-electron chi connectivity index (χ0n) is 9.28. The van der Waals surface area contributed by atoms with E-state index in [1.807, 2.05) is 0 Å². The van der Waals surface area contributed by atoms with Crippen molar-refractivity contribution in [2.75, 3.05) is 0 Å². The Kier molecular flexibility index (Phi) is 3.47. The molecule has 1 nitrogen and oxygen atoms in total. The Labute approximate surface area is 95.4 Å². The zero-order chi connectivity index (χ0) is 13.4. The molecule has 0 aromatic heterocycles. The lowest BCUT2D eigenvalue weighted by atomic mass is 9.95. The first kappa shape index (κ1) is 13.9. The smallest absolute Gasteiger partial charge is 0.319 e. The highest BCUT2D eigenvalue weighted by atomic mass is 19.4. The molecule has 2 N–H and O–H groups in total. The van der Waals surface area contributed by atoms with E-state index in [-0.39, 0.29) is 5.56 Å². The monoisotopic (exact) mass is 253 g/mol. The molecule has 96 valence electrons. The average Bonchev–Trinajstić information content (AvgIpc) is 2.19. The second kappa shape index (κ2) is 4.25. The number of hydrogen-bond acceptors (Lipinski definition) is 1. The fourth-order valence-corrected chi connectivity index (χ4v) is 1.47. The Bertz CT molecular complexity index is 411. The molecule has 0 spiro atoms. The van der Waals surface area contributed by atoms with E-state index in [0.29, 0.717) is 11.1 Å². The van der Waals surface area contributed by atoms with Crippen molar-refractivity contribution in [1.82, 2.24) is 0 Å². The molecule has 0 amide bonds. The van der Waals surface area contributed by atoms with Gasteiger partial charge in [0, 0.05) is 0 Å². The van der Waals surface area contributed by atoms with Crippen LogP contribution in [0.2, 0.25) is 0 Å². The standard InChI is InChI=1S/C11H12F5N/c1-6-3-4-7(2)8(5-6)9(17)10(12,13)11(14,15)16/h3-5,9H,17H2,1-2H3/t9-/m1/s1. The van der Waals surface area contributed by atoms with E-state index < -0.39 is 18.1 Å². The summed E-state index contributed by atoms with van der Waals surface area (Å²) in [6, 6.07) is 1.95. The normalized spacial score (nSPS) is 14.8. The van der Waals surface area contributed by atoms with E-state index in [2.05, 4.69) is 0 Å². The lowest BCUT2D eigenvalue weighted by molar-refractivity contribution is -0.291. The summed E-state index contributed by atoms with van der Waals surface area (Å²) in [5, 5.41) is 0. The van der Waals surface area contributed by atoms with Crippen LogP contribution in [-0.4, -0.2) is 12.1 Å². The Balaban J connectivity index is 3.21. The van der Waals surface area contributed by atoms with Crippen molar-refractivity contribution in [3.63, 3.8) is 0 Å². The molecule has 1 aromatic carbocycles. The summed E-state index contributed by atoms with van der Waals surface area (Å²) in [4.78, 5) is 0. The molecule has 0 bridgehead atoms. The van der Waals surface area contributed by atoms with Gasteiger partial charge in [0.25, 0.3) is 0 Å². The Morgan fingerprint density at radius 1 is 1.06 bits per heavy atom. The highest BCUT2D eigenvalue weighted by Gasteiger charge is 2.61. The van der Waals surface area contributed by atoms with Gasteiger partial charge >= 0.3 is 12.1 Å². The van der Waals surface area contributed by atoms with E-state index in [1.165, 1.54) is 19.1 Å². The first-order chi connectivity index (χ1) is 7.57. The number of benzene rings is 1. The van der Waals surface area contributed by atoms with Crippen LogP contribution in [0.15, 0.2) is 18.2 Å². The summed E-state index contributed by atoms with van der Waals surface area (Å²) < 4.78 is 62.7. The van der Waals surface area contributed by atoms with E-state index in [0.717, 1.165) is 0 Å². The van der Waals surface area contributed by atoms with Gasteiger partial charge in [-0.3, -0.25) is 0 Å². The number of alkyl halides is 5. The van der Waals surface area contributed by atoms with E-state index >= 15 is 0 Å². The van der Waals surface area contributed by atoms with E-state index in [4.69, 9.17) is 5.73 Å². The van der Waals surface area contributed by atoms with Gasteiger partial charge in [-0.25, -0.2) is 0 Å². The van der Waals surface area contributed by atoms with Crippen molar-refractivity contribution < 1.29 is 22.0 Å². The third-order valence-corrected chi connectivity index (χ3v) is 2.54. The van der Waals surface area contributed by atoms with Crippen LogP contribution < -0.4 is 5.73 Å². The van der Waals surface area contributed by atoms with Gasteiger partial charge in [-0.05, 0) is 25.0 Å². The molecule has 1 aromatic rings. The minimum absolute atomic E-state index is 0.188. The van der Waals surface area contributed by atoms with Crippen molar-refractivity contribution in [2.45, 2.75) is 32.0 Å². The van der Waals surface area contributed by atoms with E-state index in [1.54, 1.807) is 13.0 Å². The van der Waals surface area contributed by atoms with Crippen molar-refractivity contribution in [3.8, 4) is 0 Å². The minimum atomic E-state index is -5.65. The molecule has 1 atom stereocenters. The maximum absolute atomic E-state index is 13.1. The summed E-state index contributed by atoms with van der Waals surface area (Å²) in [5.74, 6) is -4.94. The van der Waals surface area contributed by atoms with Crippen LogP contribution >= 0.6 is 0 Å². The lowest BCUT2D eigenvalue weighted by Gasteiger charge is -2.27. The Morgan fingerprint density at radius 3 is 2.06 bits per heavy atom. The molecular formula is C11H12F5N. The van der Waals surface area contributed by atoms with Gasteiger partial charge in [-0.1, -0.05) is 23.8 Å². The number of hydrogen-bond donors (Lipinski definition) is 1. The van der Waals surface area contributed by atoms with Crippen LogP contribution in [-0.2, 0) is 0 Å². The molecule has 0 saturated carbocycles. The quantitative estimate of drug-likeness (QED) is 0.802. The van der Waals surface area contributed by atoms with Crippen LogP contribution in [0.25, 0.3) is 0 Å². The maximum atomic E-state index is 13.1. The van der Waals surface area contributed by atoms with Crippen LogP contribution in [0.3, 0.4) is 0 Å². The molecule has 17 heavy (non-hydrogen) atoms. The first-order valence-electron chi connectivity index (χ1n) is 4.84. The van der Waals surface area contributed by atoms with Gasteiger partial charge in [0.1, 0.15) is 6.04 Å². The number of nitrogens with two attached hydrogens (primary N) is 1. The molecule has 6 heteroatoms. The second-order valence-electron chi connectivity index (χ2n) is 3.96. The van der Waals surface area contributed by atoms with Gasteiger partial charge in [0.05, 0.1) is 0 Å². The Morgan fingerprint density at radius 2 is 1.59 bits per heavy atom. The van der Waals surface area contributed by atoms with Crippen molar-refractivity contribution in [3.05, 3.63) is 34.9 Å². The van der Waals surface area contributed by atoms with Gasteiger partial charge in [0.2, 0.25) is 0 Å². The summed E-state index contributed by atoms with van der Waals surface area (Å²) in [5.41, 5.74) is 5.77. The highest BCUT2D eigenvalue weighted by molar-refractivity contribution is 5.34. The molecular weight excluding hydrogens is 241 g/mol. The molecule has 0 aliphatic rings. The molecule has 0 saturated heterocycles. The molecule has 0 unspecified atom stereocenters. The van der Waals surface area contributed by atoms with E-state index in [9.17, 15) is 22.0 Å². The molecule has 0 fully saturated rings. The SMILES string of the molecule is Cc1ccc(C)c([C@@H](N)C(F)(F)C(F)(F)F)c1. The molecule has 0 aliphatic heterocycles. The summed E-state index contributed by atoms with van der Waals surface area (Å²) in [7, 11) is 0. The topological polar surface area (TPSA) is 26.0 Å². The second-order valence-corrected chi connectivity index (χ2v) is 3.96. The van der Waals surface area contributed by atoms with Gasteiger partial charge < -0.3 is 5.73 Å². The number of rotatable bonds is 2. The minimum Gasteiger partial charge on any atom is -0.319 e.